The van der Waals surface area contributed by atoms with E-state index in [1.807, 2.05) is 26.1 Å². The zero-order valence-corrected chi connectivity index (χ0v) is 23.0. The third-order valence-electron chi connectivity index (χ3n) is 6.93. The Morgan fingerprint density at radius 1 is 1.21 bits per heavy atom. The van der Waals surface area contributed by atoms with Gasteiger partial charge in [-0.2, -0.15) is 13.2 Å². The highest BCUT2D eigenvalue weighted by molar-refractivity contribution is 7.99. The second-order valence-electron chi connectivity index (χ2n) is 9.37. The topological polar surface area (TPSA) is 73.4 Å². The number of hydrogen-bond donors (Lipinski definition) is 2. The van der Waals surface area contributed by atoms with Crippen molar-refractivity contribution in [1.29, 1.82) is 0 Å². The Balaban J connectivity index is 1.48. The van der Waals surface area contributed by atoms with Crippen LogP contribution in [0.25, 0.3) is 10.6 Å². The van der Waals surface area contributed by atoms with E-state index in [4.69, 9.17) is 0 Å². The van der Waals surface area contributed by atoms with Crippen LogP contribution in [0, 0.1) is 0 Å². The van der Waals surface area contributed by atoms with Crippen molar-refractivity contribution in [2.24, 2.45) is 0 Å². The van der Waals surface area contributed by atoms with E-state index in [0.717, 1.165) is 60.4 Å². The van der Waals surface area contributed by atoms with Crippen LogP contribution >= 0.6 is 23.1 Å². The Morgan fingerprint density at radius 2 is 2.03 bits per heavy atom. The van der Waals surface area contributed by atoms with Gasteiger partial charge in [-0.15, -0.1) is 23.1 Å². The van der Waals surface area contributed by atoms with Crippen molar-refractivity contribution in [3.63, 3.8) is 0 Å². The van der Waals surface area contributed by atoms with Crippen LogP contribution in [0.15, 0.2) is 35.4 Å². The maximum Gasteiger partial charge on any atom is 0.420 e. The zero-order valence-electron chi connectivity index (χ0n) is 21.4. The molecule has 12 heteroatoms. The lowest BCUT2D eigenvalue weighted by molar-refractivity contribution is -0.137. The number of thioether (sulfide) groups is 1. The molecule has 0 bridgehead atoms. The Morgan fingerprint density at radius 3 is 2.74 bits per heavy atom. The molecule has 1 amide bonds. The molecule has 0 spiro atoms. The predicted octanol–water partition coefficient (Wildman–Crippen LogP) is 5.51. The number of nitrogens with zero attached hydrogens (tertiary/aromatic N) is 4. The molecule has 0 radical (unpaired) electrons. The summed E-state index contributed by atoms with van der Waals surface area (Å²) in [5.41, 5.74) is 1.73. The number of aromatic nitrogens is 2. The normalized spacial score (nSPS) is 18.1. The SMILES string of the molecule is CCc1cc(N2CCC(NC)C2)ccc1Nc1ncc(C(F)(F)F)c(-c2cc3c(s2)C(=O)N(C)CCS3)n1. The van der Waals surface area contributed by atoms with Crippen LogP contribution in [0.2, 0.25) is 0 Å². The van der Waals surface area contributed by atoms with Gasteiger partial charge in [0.2, 0.25) is 5.95 Å². The highest BCUT2D eigenvalue weighted by Gasteiger charge is 2.37. The monoisotopic (exact) mass is 562 g/mol. The van der Waals surface area contributed by atoms with Crippen LogP contribution in [0.1, 0.15) is 34.1 Å². The van der Waals surface area contributed by atoms with Gasteiger partial charge in [-0.3, -0.25) is 4.79 Å². The molecular weight excluding hydrogens is 533 g/mol. The molecule has 1 fully saturated rings. The molecule has 5 rings (SSSR count). The third kappa shape index (κ3) is 5.34. The van der Waals surface area contributed by atoms with Crippen molar-refractivity contribution in [1.82, 2.24) is 20.2 Å². The minimum Gasteiger partial charge on any atom is -0.370 e. The largest absolute Gasteiger partial charge is 0.420 e. The number of nitrogens with one attached hydrogen (secondary N) is 2. The minimum atomic E-state index is -4.64. The van der Waals surface area contributed by atoms with Gasteiger partial charge >= 0.3 is 6.18 Å². The minimum absolute atomic E-state index is 0.0755. The van der Waals surface area contributed by atoms with Crippen molar-refractivity contribution in [2.45, 2.75) is 36.9 Å². The van der Waals surface area contributed by atoms with E-state index in [9.17, 15) is 18.0 Å². The summed E-state index contributed by atoms with van der Waals surface area (Å²) in [6.07, 6.45) is -2.01. The standard InChI is InChI=1S/C26H29F3N6OS2/c1-4-15-11-17(35-8-7-16(14-35)30-2)5-6-19(15)32-25-31-13-18(26(27,28)29)22(33-25)20-12-21-23(38-20)24(36)34(3)9-10-37-21/h5-6,11-13,16,30H,4,7-10,14H2,1-3H3,(H,31,32,33). The molecule has 1 atom stereocenters. The molecular formula is C26H29F3N6OS2. The maximum absolute atomic E-state index is 14.0. The van der Waals surface area contributed by atoms with E-state index >= 15 is 0 Å². The second-order valence-corrected chi connectivity index (χ2v) is 11.6. The van der Waals surface area contributed by atoms with Crippen LogP contribution in [-0.4, -0.2) is 66.3 Å². The summed E-state index contributed by atoms with van der Waals surface area (Å²) in [5, 5.41) is 6.46. The Hall–Kier alpha value is -2.83. The summed E-state index contributed by atoms with van der Waals surface area (Å²) in [7, 11) is 3.67. The third-order valence-corrected chi connectivity index (χ3v) is 9.21. The number of hydrogen-bond acceptors (Lipinski definition) is 8. The van der Waals surface area contributed by atoms with Gasteiger partial charge in [-0.1, -0.05) is 6.92 Å². The predicted molar refractivity (Wildman–Crippen MR) is 147 cm³/mol. The van der Waals surface area contributed by atoms with Gasteiger partial charge in [-0.05, 0) is 49.7 Å². The molecule has 0 aliphatic carbocycles. The number of rotatable bonds is 6. The number of aryl methyl sites for hydroxylation is 1. The van der Waals surface area contributed by atoms with Gasteiger partial charge < -0.3 is 20.4 Å². The molecule has 0 saturated carbocycles. The fraction of sp³-hybridized carbons (Fsp3) is 0.423. The van der Waals surface area contributed by atoms with Crippen molar-refractivity contribution in [3.8, 4) is 10.6 Å². The number of anilines is 3. The van der Waals surface area contributed by atoms with E-state index in [0.29, 0.717) is 33.0 Å². The molecule has 202 valence electrons. The fourth-order valence-electron chi connectivity index (χ4n) is 4.69. The first kappa shape index (κ1) is 26.8. The zero-order chi connectivity index (χ0) is 27.0. The number of alkyl halides is 3. The molecule has 2 aliphatic rings. The van der Waals surface area contributed by atoms with Gasteiger partial charge in [0.25, 0.3) is 5.91 Å². The van der Waals surface area contributed by atoms with Gasteiger partial charge in [0.1, 0.15) is 10.4 Å². The van der Waals surface area contributed by atoms with E-state index in [1.54, 1.807) is 18.0 Å². The highest BCUT2D eigenvalue weighted by Crippen LogP contribution is 2.43. The molecule has 1 saturated heterocycles. The average Bonchev–Trinajstić information content (AvgIpc) is 3.53. The van der Waals surface area contributed by atoms with Gasteiger partial charge in [0.15, 0.2) is 0 Å². The number of likely N-dealkylation sites (N-methyl/N-ethyl adjacent to an activating group) is 1. The highest BCUT2D eigenvalue weighted by atomic mass is 32.2. The van der Waals surface area contributed by atoms with E-state index in [-0.39, 0.29) is 17.5 Å². The molecule has 2 N–H and O–H groups in total. The number of fused-ring (bicyclic) bond motifs is 1. The number of carbonyl (C=O) groups is 1. The Bertz CT molecular complexity index is 1350. The van der Waals surface area contributed by atoms with Crippen molar-refractivity contribution in [3.05, 3.63) is 46.5 Å². The molecule has 1 unspecified atom stereocenters. The first-order chi connectivity index (χ1) is 18.2. The number of thiophene rings is 1. The van der Waals surface area contributed by atoms with Crippen LogP contribution in [-0.2, 0) is 12.6 Å². The quantitative estimate of drug-likeness (QED) is 0.411. The van der Waals surface area contributed by atoms with Gasteiger partial charge in [-0.25, -0.2) is 9.97 Å². The van der Waals surface area contributed by atoms with Crippen molar-refractivity contribution >= 4 is 46.3 Å². The summed E-state index contributed by atoms with van der Waals surface area (Å²) >= 11 is 2.51. The van der Waals surface area contributed by atoms with Crippen LogP contribution < -0.4 is 15.5 Å². The summed E-state index contributed by atoms with van der Waals surface area (Å²) in [6.45, 7) is 4.52. The number of halogens is 3. The van der Waals surface area contributed by atoms with Crippen LogP contribution in [0.3, 0.4) is 0 Å². The van der Waals surface area contributed by atoms with Gasteiger partial charge in [0.05, 0.1) is 10.6 Å². The lowest BCUT2D eigenvalue weighted by Crippen LogP contribution is -2.29. The lowest BCUT2D eigenvalue weighted by Gasteiger charge is -2.21. The second kappa shape index (κ2) is 10.7. The van der Waals surface area contributed by atoms with Gasteiger partial charge in [0, 0.05) is 60.9 Å². The molecule has 1 aromatic carbocycles. The summed E-state index contributed by atoms with van der Waals surface area (Å²) in [4.78, 5) is 26.4. The molecule has 7 nitrogen and oxygen atoms in total. The number of benzene rings is 1. The lowest BCUT2D eigenvalue weighted by atomic mass is 10.1. The summed E-state index contributed by atoms with van der Waals surface area (Å²) in [5.74, 6) is 0.567. The van der Waals surface area contributed by atoms with Crippen molar-refractivity contribution in [2.75, 3.05) is 49.7 Å². The summed E-state index contributed by atoms with van der Waals surface area (Å²) in [6, 6.07) is 8.16. The number of amides is 1. The van der Waals surface area contributed by atoms with Crippen LogP contribution in [0.4, 0.5) is 30.5 Å². The first-order valence-corrected chi connectivity index (χ1v) is 14.3. The smallest absolute Gasteiger partial charge is 0.370 e. The number of carbonyl (C=O) groups excluding carboxylic acids is 1. The maximum atomic E-state index is 14.0. The summed E-state index contributed by atoms with van der Waals surface area (Å²) < 4.78 is 41.9. The first-order valence-electron chi connectivity index (χ1n) is 12.5. The molecule has 4 heterocycles. The molecule has 38 heavy (non-hydrogen) atoms. The molecule has 3 aromatic rings. The van der Waals surface area contributed by atoms with E-state index in [2.05, 4.69) is 31.6 Å². The van der Waals surface area contributed by atoms with Crippen molar-refractivity contribution < 1.29 is 18.0 Å². The van der Waals surface area contributed by atoms with Crippen LogP contribution in [0.5, 0.6) is 0 Å². The fourth-order valence-corrected chi connectivity index (χ4v) is 7.13. The molecule has 2 aromatic heterocycles. The van der Waals surface area contributed by atoms with E-state index < -0.39 is 11.7 Å². The van der Waals surface area contributed by atoms with E-state index in [1.165, 1.54) is 11.8 Å². The average molecular weight is 563 g/mol. The Kier molecular flexibility index (Phi) is 7.56. The Labute approximate surface area is 227 Å². The molecule has 2 aliphatic heterocycles.